The van der Waals surface area contributed by atoms with Crippen LogP contribution in [0.5, 0.6) is 0 Å². The van der Waals surface area contributed by atoms with Crippen molar-refractivity contribution in [2.24, 2.45) is 11.8 Å². The topological polar surface area (TPSA) is 83.8 Å². The first kappa shape index (κ1) is 23.3. The summed E-state index contributed by atoms with van der Waals surface area (Å²) in [6, 6.07) is 0. The molecular formula is C22H34O5. The van der Waals surface area contributed by atoms with Crippen molar-refractivity contribution in [1.29, 1.82) is 0 Å². The van der Waals surface area contributed by atoms with Crippen molar-refractivity contribution < 1.29 is 24.5 Å². The number of hydrogen-bond donors (Lipinski definition) is 2. The third-order valence-electron chi connectivity index (χ3n) is 5.00. The van der Waals surface area contributed by atoms with Gasteiger partial charge in [0.2, 0.25) is 0 Å². The molecular weight excluding hydrogens is 344 g/mol. The zero-order chi connectivity index (χ0) is 20.2. The van der Waals surface area contributed by atoms with Crippen LogP contribution < -0.4 is 0 Å². The highest BCUT2D eigenvalue weighted by molar-refractivity contribution is 5.83. The zero-order valence-corrected chi connectivity index (χ0v) is 16.6. The second-order valence-corrected chi connectivity index (χ2v) is 7.31. The van der Waals surface area contributed by atoms with Crippen molar-refractivity contribution in [3.8, 4) is 0 Å². The smallest absolute Gasteiger partial charge is 0.331 e. The maximum absolute atomic E-state index is 12.0. The number of allylic oxidation sites excluding steroid dienone is 2. The van der Waals surface area contributed by atoms with E-state index in [4.69, 9.17) is 4.74 Å². The van der Waals surface area contributed by atoms with Gasteiger partial charge < -0.3 is 14.9 Å². The average Bonchev–Trinajstić information content (AvgIpc) is 2.89. The fourth-order valence-electron chi connectivity index (χ4n) is 3.48. The van der Waals surface area contributed by atoms with Gasteiger partial charge in [0.15, 0.2) is 0 Å². The summed E-state index contributed by atoms with van der Waals surface area (Å²) in [5, 5.41) is 20.5. The van der Waals surface area contributed by atoms with Gasteiger partial charge in [-0.2, -0.15) is 0 Å². The molecule has 27 heavy (non-hydrogen) atoms. The minimum absolute atomic E-state index is 0.146. The molecule has 1 rings (SSSR count). The maximum Gasteiger partial charge on any atom is 0.331 e. The van der Waals surface area contributed by atoms with E-state index in [1.807, 2.05) is 6.08 Å². The molecule has 0 radical (unpaired) electrons. The largest absolute Gasteiger partial charge is 0.458 e. The second-order valence-electron chi connectivity index (χ2n) is 7.31. The normalized spacial score (nSPS) is 25.7. The van der Waals surface area contributed by atoms with E-state index in [0.717, 1.165) is 19.3 Å². The molecule has 5 heteroatoms. The van der Waals surface area contributed by atoms with Crippen LogP contribution in [0.3, 0.4) is 0 Å². The lowest BCUT2D eigenvalue weighted by molar-refractivity contribution is -0.136. The van der Waals surface area contributed by atoms with Gasteiger partial charge in [-0.05, 0) is 31.3 Å². The molecule has 5 nitrogen and oxygen atoms in total. The minimum atomic E-state index is -0.642. The quantitative estimate of drug-likeness (QED) is 0.178. The van der Waals surface area contributed by atoms with Gasteiger partial charge in [-0.1, -0.05) is 44.6 Å². The van der Waals surface area contributed by atoms with Crippen LogP contribution in [0.15, 0.2) is 36.5 Å². The summed E-state index contributed by atoms with van der Waals surface area (Å²) < 4.78 is 4.90. The Morgan fingerprint density at radius 1 is 1.19 bits per heavy atom. The van der Waals surface area contributed by atoms with E-state index in [9.17, 15) is 19.8 Å². The molecule has 2 N–H and O–H groups in total. The molecule has 0 amide bonds. The van der Waals surface area contributed by atoms with Crippen molar-refractivity contribution in [3.05, 3.63) is 36.5 Å². The number of carbonyl (C=O) groups is 2. The number of Topliss-reactive ketones (excluding diaryl/α,β-unsaturated/α-hetero) is 1. The Morgan fingerprint density at radius 2 is 1.93 bits per heavy atom. The van der Waals surface area contributed by atoms with Crippen LogP contribution in [-0.2, 0) is 14.3 Å². The number of rotatable bonds is 12. The Balaban J connectivity index is 2.62. The highest BCUT2D eigenvalue weighted by Crippen LogP contribution is 2.37. The highest BCUT2D eigenvalue weighted by atomic mass is 16.5. The van der Waals surface area contributed by atoms with Crippen LogP contribution in [-0.4, -0.2) is 40.8 Å². The molecule has 0 aromatic carbocycles. The maximum atomic E-state index is 12.0. The van der Waals surface area contributed by atoms with Gasteiger partial charge in [0.1, 0.15) is 12.4 Å². The summed E-state index contributed by atoms with van der Waals surface area (Å²) in [6.07, 6.45) is 10.2. The number of ketones is 1. The van der Waals surface area contributed by atoms with Crippen LogP contribution in [0, 0.1) is 11.8 Å². The molecule has 152 valence electrons. The molecule has 0 aliphatic heterocycles. The number of ether oxygens (including phenoxy) is 1. The van der Waals surface area contributed by atoms with Crippen LogP contribution >= 0.6 is 0 Å². The first-order valence-corrected chi connectivity index (χ1v) is 9.91. The van der Waals surface area contributed by atoms with Gasteiger partial charge in [0.25, 0.3) is 0 Å². The monoisotopic (exact) mass is 378 g/mol. The summed E-state index contributed by atoms with van der Waals surface area (Å²) in [5.41, 5.74) is 0.701. The van der Waals surface area contributed by atoms with Gasteiger partial charge in [-0.25, -0.2) is 4.79 Å². The number of aliphatic hydroxyl groups excluding tert-OH is 2. The summed E-state index contributed by atoms with van der Waals surface area (Å²) in [7, 11) is 0. The lowest BCUT2D eigenvalue weighted by atomic mass is 9.87. The Bertz CT molecular complexity index is 549. The summed E-state index contributed by atoms with van der Waals surface area (Å²) >= 11 is 0. The fraction of sp³-hybridized carbons (Fsp3) is 0.636. The van der Waals surface area contributed by atoms with Crippen molar-refractivity contribution in [1.82, 2.24) is 0 Å². The van der Waals surface area contributed by atoms with Gasteiger partial charge in [-0.3, -0.25) is 4.79 Å². The second kappa shape index (κ2) is 12.6. The lowest BCUT2D eigenvalue weighted by Gasteiger charge is -2.20. The van der Waals surface area contributed by atoms with E-state index in [0.29, 0.717) is 31.3 Å². The molecule has 1 aliphatic carbocycles. The van der Waals surface area contributed by atoms with Crippen LogP contribution in [0.2, 0.25) is 0 Å². The van der Waals surface area contributed by atoms with E-state index in [1.165, 1.54) is 12.2 Å². The van der Waals surface area contributed by atoms with Gasteiger partial charge >= 0.3 is 5.97 Å². The molecule has 4 unspecified atom stereocenters. The van der Waals surface area contributed by atoms with E-state index < -0.39 is 18.2 Å². The van der Waals surface area contributed by atoms with Gasteiger partial charge in [0.05, 0.1) is 12.2 Å². The van der Waals surface area contributed by atoms with E-state index >= 15 is 0 Å². The Labute approximate surface area is 162 Å². The first-order chi connectivity index (χ1) is 12.9. The third kappa shape index (κ3) is 8.67. The standard InChI is InChI=1S/C22H34O5/c1-4-6-7-8-17(23)10-12-19-18(20(24)15-21(19)25)11-9-16(3)14-22(26)27-13-5-2/h5,9,11,14,18-21,24-25H,2,4,6-8,10,12-13,15H2,1,3H3. The van der Waals surface area contributed by atoms with E-state index in [-0.39, 0.29) is 24.2 Å². The van der Waals surface area contributed by atoms with Crippen molar-refractivity contribution >= 4 is 11.8 Å². The number of unbranched alkanes of at least 4 members (excludes halogenated alkanes) is 2. The number of hydrogen-bond acceptors (Lipinski definition) is 5. The Morgan fingerprint density at radius 3 is 2.59 bits per heavy atom. The van der Waals surface area contributed by atoms with Gasteiger partial charge in [0, 0.05) is 31.3 Å². The average molecular weight is 379 g/mol. The molecule has 0 aromatic rings. The van der Waals surface area contributed by atoms with Crippen molar-refractivity contribution in [2.75, 3.05) is 6.61 Å². The fourth-order valence-corrected chi connectivity index (χ4v) is 3.48. The minimum Gasteiger partial charge on any atom is -0.458 e. The predicted octanol–water partition coefficient (Wildman–Crippen LogP) is 3.51. The molecule has 4 atom stereocenters. The predicted molar refractivity (Wildman–Crippen MR) is 106 cm³/mol. The number of aliphatic hydroxyl groups is 2. The van der Waals surface area contributed by atoms with Crippen molar-refractivity contribution in [2.45, 2.75) is 71.0 Å². The van der Waals surface area contributed by atoms with Crippen molar-refractivity contribution in [3.63, 3.8) is 0 Å². The first-order valence-electron chi connectivity index (χ1n) is 9.91. The summed E-state index contributed by atoms with van der Waals surface area (Å²) in [6.45, 7) is 7.53. The number of carbonyl (C=O) groups excluding carboxylic acids is 2. The van der Waals surface area contributed by atoms with Crippen LogP contribution in [0.1, 0.15) is 58.8 Å². The molecule has 1 fully saturated rings. The molecule has 0 heterocycles. The molecule has 1 aliphatic rings. The molecule has 0 spiro atoms. The van der Waals surface area contributed by atoms with Crippen LogP contribution in [0.4, 0.5) is 0 Å². The Hall–Kier alpha value is -1.72. The number of esters is 1. The highest BCUT2D eigenvalue weighted by Gasteiger charge is 2.39. The molecule has 0 aromatic heterocycles. The zero-order valence-electron chi connectivity index (χ0n) is 16.6. The lowest BCUT2D eigenvalue weighted by Crippen LogP contribution is -2.21. The molecule has 0 bridgehead atoms. The molecule has 0 saturated heterocycles. The molecule has 1 saturated carbocycles. The third-order valence-corrected chi connectivity index (χ3v) is 5.00. The van der Waals surface area contributed by atoms with E-state index in [1.54, 1.807) is 13.0 Å². The van der Waals surface area contributed by atoms with Gasteiger partial charge in [-0.15, -0.1) is 0 Å². The summed E-state index contributed by atoms with van der Waals surface area (Å²) in [4.78, 5) is 23.6. The van der Waals surface area contributed by atoms with E-state index in [2.05, 4.69) is 13.5 Å². The SMILES string of the molecule is C=CCOC(=O)C=C(C)C=CC1C(O)CC(O)C1CCC(=O)CCCCC. The Kier molecular flexibility index (Phi) is 10.9. The summed E-state index contributed by atoms with van der Waals surface area (Å²) in [5.74, 6) is -0.595. The van der Waals surface area contributed by atoms with Crippen LogP contribution in [0.25, 0.3) is 0 Å².